The van der Waals surface area contributed by atoms with E-state index < -0.39 is 5.97 Å². The van der Waals surface area contributed by atoms with Crippen molar-refractivity contribution in [2.24, 2.45) is 0 Å². The van der Waals surface area contributed by atoms with E-state index in [1.807, 2.05) is 0 Å². The van der Waals surface area contributed by atoms with Crippen LogP contribution in [0.4, 0.5) is 5.00 Å². The molecule has 0 saturated carbocycles. The van der Waals surface area contributed by atoms with Gasteiger partial charge in [0.05, 0.1) is 5.56 Å². The van der Waals surface area contributed by atoms with Gasteiger partial charge in [0.2, 0.25) is 0 Å². The molecule has 2 heterocycles. The number of nitrogens with zero attached hydrogens (tertiary/aromatic N) is 2. The van der Waals surface area contributed by atoms with E-state index in [-0.39, 0.29) is 4.88 Å². The molecule has 1 saturated heterocycles. The summed E-state index contributed by atoms with van der Waals surface area (Å²) >= 11 is 7.46. The molecular formula is C18H17ClN2O2S. The number of carboxylic acids is 1. The first-order valence-electron chi connectivity index (χ1n) is 7.93. The molecule has 1 aliphatic rings. The molecule has 3 rings (SSSR count). The van der Waals surface area contributed by atoms with Crippen LogP contribution in [0.5, 0.6) is 0 Å². The minimum absolute atomic E-state index is 0.180. The lowest BCUT2D eigenvalue weighted by Gasteiger charge is -2.21. The summed E-state index contributed by atoms with van der Waals surface area (Å²) in [4.78, 5) is 14.1. The number of hydrogen-bond acceptors (Lipinski definition) is 4. The predicted octanol–water partition coefficient (Wildman–Crippen LogP) is 5.02. The summed E-state index contributed by atoms with van der Waals surface area (Å²) in [5, 5.41) is 20.6. The number of benzene rings is 1. The standard InChI is InChI=1S/C18H17ClN2O2S/c19-14-8-4-3-7-12(14)15-13(11-20)17(24-16(15)18(22)23)21-9-5-1-2-6-10-21/h3-4,7-8H,1-2,5-6,9-10H2,(H,22,23). The summed E-state index contributed by atoms with van der Waals surface area (Å²) in [6.07, 6.45) is 4.47. The van der Waals surface area contributed by atoms with Gasteiger partial charge in [-0.2, -0.15) is 5.26 Å². The number of carboxylic acid groups (broad SMARTS) is 1. The molecule has 124 valence electrons. The smallest absolute Gasteiger partial charge is 0.346 e. The Morgan fingerprint density at radius 1 is 1.21 bits per heavy atom. The minimum Gasteiger partial charge on any atom is -0.477 e. The molecule has 0 spiro atoms. The summed E-state index contributed by atoms with van der Waals surface area (Å²) in [6, 6.07) is 9.31. The molecule has 1 fully saturated rings. The van der Waals surface area contributed by atoms with Crippen LogP contribution in [0.25, 0.3) is 11.1 Å². The molecule has 24 heavy (non-hydrogen) atoms. The quantitative estimate of drug-likeness (QED) is 0.834. The highest BCUT2D eigenvalue weighted by Gasteiger charge is 2.28. The number of carbonyl (C=O) groups is 1. The summed E-state index contributed by atoms with van der Waals surface area (Å²) in [5.41, 5.74) is 1.47. The number of thiophene rings is 1. The van der Waals surface area contributed by atoms with Crippen molar-refractivity contribution in [3.8, 4) is 17.2 Å². The van der Waals surface area contributed by atoms with Crippen molar-refractivity contribution in [2.75, 3.05) is 18.0 Å². The van der Waals surface area contributed by atoms with E-state index in [1.165, 1.54) is 24.2 Å². The first-order valence-corrected chi connectivity index (χ1v) is 9.13. The topological polar surface area (TPSA) is 64.3 Å². The second-order valence-electron chi connectivity index (χ2n) is 5.78. The summed E-state index contributed by atoms with van der Waals surface area (Å²) in [6.45, 7) is 1.71. The zero-order chi connectivity index (χ0) is 17.1. The molecule has 1 aromatic carbocycles. The van der Waals surface area contributed by atoms with Gasteiger partial charge in [0.1, 0.15) is 15.9 Å². The molecule has 0 bridgehead atoms. The van der Waals surface area contributed by atoms with Crippen molar-refractivity contribution in [3.63, 3.8) is 0 Å². The fourth-order valence-corrected chi connectivity index (χ4v) is 4.48. The summed E-state index contributed by atoms with van der Waals surface area (Å²) in [7, 11) is 0. The fourth-order valence-electron chi connectivity index (χ4n) is 3.09. The highest BCUT2D eigenvalue weighted by Crippen LogP contribution is 2.44. The maximum atomic E-state index is 11.8. The van der Waals surface area contributed by atoms with E-state index in [2.05, 4.69) is 11.0 Å². The van der Waals surface area contributed by atoms with Gasteiger partial charge in [0, 0.05) is 29.2 Å². The second kappa shape index (κ2) is 7.25. The second-order valence-corrected chi connectivity index (χ2v) is 7.19. The van der Waals surface area contributed by atoms with E-state index in [4.69, 9.17) is 11.6 Å². The zero-order valence-corrected chi connectivity index (χ0v) is 14.7. The molecule has 4 nitrogen and oxygen atoms in total. The third kappa shape index (κ3) is 3.12. The van der Waals surface area contributed by atoms with Gasteiger partial charge >= 0.3 is 5.97 Å². The Labute approximate surface area is 149 Å². The maximum Gasteiger partial charge on any atom is 0.346 e. The maximum absolute atomic E-state index is 11.8. The van der Waals surface area contributed by atoms with Crippen LogP contribution in [0.1, 0.15) is 40.9 Å². The predicted molar refractivity (Wildman–Crippen MR) is 97.1 cm³/mol. The summed E-state index contributed by atoms with van der Waals surface area (Å²) in [5.74, 6) is -1.02. The Bertz CT molecular complexity index is 802. The molecule has 1 aliphatic heterocycles. The van der Waals surface area contributed by atoms with Gasteiger partial charge in [-0.1, -0.05) is 42.6 Å². The number of anilines is 1. The molecule has 0 unspecified atom stereocenters. The van der Waals surface area contributed by atoms with E-state index in [9.17, 15) is 15.2 Å². The van der Waals surface area contributed by atoms with Crippen LogP contribution in [-0.2, 0) is 0 Å². The van der Waals surface area contributed by atoms with E-state index >= 15 is 0 Å². The summed E-state index contributed by atoms with van der Waals surface area (Å²) < 4.78 is 0. The zero-order valence-electron chi connectivity index (χ0n) is 13.1. The number of aromatic carboxylic acids is 1. The largest absolute Gasteiger partial charge is 0.477 e. The Hall–Kier alpha value is -2.03. The van der Waals surface area contributed by atoms with E-state index in [0.717, 1.165) is 30.9 Å². The van der Waals surface area contributed by atoms with Crippen LogP contribution in [0.3, 0.4) is 0 Å². The third-order valence-electron chi connectivity index (χ3n) is 4.23. The van der Waals surface area contributed by atoms with Gasteiger partial charge in [0.25, 0.3) is 0 Å². The highest BCUT2D eigenvalue weighted by molar-refractivity contribution is 7.18. The number of hydrogen-bond donors (Lipinski definition) is 1. The molecule has 0 amide bonds. The van der Waals surface area contributed by atoms with Gasteiger partial charge in [-0.3, -0.25) is 0 Å². The molecule has 1 aromatic heterocycles. The molecule has 0 atom stereocenters. The molecule has 0 aliphatic carbocycles. The Morgan fingerprint density at radius 3 is 2.46 bits per heavy atom. The first-order chi connectivity index (χ1) is 11.6. The number of nitriles is 1. The average Bonchev–Trinajstić information content (AvgIpc) is 2.75. The Kier molecular flexibility index (Phi) is 5.08. The van der Waals surface area contributed by atoms with Gasteiger partial charge < -0.3 is 10.0 Å². The SMILES string of the molecule is N#Cc1c(N2CCCCCC2)sc(C(=O)O)c1-c1ccccc1Cl. The molecular weight excluding hydrogens is 344 g/mol. The van der Waals surface area contributed by atoms with Crippen molar-refractivity contribution in [1.82, 2.24) is 0 Å². The first kappa shape index (κ1) is 16.8. The Morgan fingerprint density at radius 2 is 1.88 bits per heavy atom. The number of rotatable bonds is 3. The van der Waals surface area contributed by atoms with E-state index in [0.29, 0.717) is 21.7 Å². The third-order valence-corrected chi connectivity index (χ3v) is 5.80. The lowest BCUT2D eigenvalue weighted by Crippen LogP contribution is -2.23. The van der Waals surface area contributed by atoms with E-state index in [1.54, 1.807) is 24.3 Å². The van der Waals surface area contributed by atoms with Crippen molar-refractivity contribution >= 4 is 33.9 Å². The highest BCUT2D eigenvalue weighted by atomic mass is 35.5. The average molecular weight is 361 g/mol. The lowest BCUT2D eigenvalue weighted by atomic mass is 10.0. The van der Waals surface area contributed by atoms with Crippen LogP contribution in [-0.4, -0.2) is 24.2 Å². The molecule has 1 N–H and O–H groups in total. The van der Waals surface area contributed by atoms with Crippen LogP contribution in [0.2, 0.25) is 5.02 Å². The fraction of sp³-hybridized carbons (Fsp3) is 0.333. The molecule has 6 heteroatoms. The van der Waals surface area contributed by atoms with Gasteiger partial charge in [-0.15, -0.1) is 11.3 Å². The van der Waals surface area contributed by atoms with Crippen molar-refractivity contribution < 1.29 is 9.90 Å². The van der Waals surface area contributed by atoms with Gasteiger partial charge in [0.15, 0.2) is 0 Å². The Balaban J connectivity index is 2.19. The van der Waals surface area contributed by atoms with Crippen molar-refractivity contribution in [1.29, 1.82) is 5.26 Å². The van der Waals surface area contributed by atoms with Crippen LogP contribution in [0.15, 0.2) is 24.3 Å². The normalized spacial score (nSPS) is 14.9. The van der Waals surface area contributed by atoms with Gasteiger partial charge in [-0.25, -0.2) is 4.79 Å². The van der Waals surface area contributed by atoms with Crippen LogP contribution < -0.4 is 4.90 Å². The lowest BCUT2D eigenvalue weighted by molar-refractivity contribution is 0.0703. The van der Waals surface area contributed by atoms with Gasteiger partial charge in [-0.05, 0) is 18.9 Å². The molecule has 2 aromatic rings. The van der Waals surface area contributed by atoms with Crippen LogP contribution >= 0.6 is 22.9 Å². The monoisotopic (exact) mass is 360 g/mol. The van der Waals surface area contributed by atoms with Crippen LogP contribution in [0, 0.1) is 11.3 Å². The van der Waals surface area contributed by atoms with Crippen molar-refractivity contribution in [2.45, 2.75) is 25.7 Å². The molecule has 0 radical (unpaired) electrons. The minimum atomic E-state index is -1.02. The number of halogens is 1. The van der Waals surface area contributed by atoms with Crippen molar-refractivity contribution in [3.05, 3.63) is 39.7 Å².